The van der Waals surface area contributed by atoms with Crippen molar-refractivity contribution in [3.8, 4) is 34.1 Å². The Balaban J connectivity index is 1.65. The molecule has 162 valence electrons. The molecule has 0 aliphatic carbocycles. The highest BCUT2D eigenvalue weighted by molar-refractivity contribution is 5.92. The Kier molecular flexibility index (Phi) is 5.81. The van der Waals surface area contributed by atoms with Gasteiger partial charge in [0.25, 0.3) is 0 Å². The van der Waals surface area contributed by atoms with E-state index in [1.165, 1.54) is 13.2 Å². The summed E-state index contributed by atoms with van der Waals surface area (Å²) in [5.41, 5.74) is 1.05. The highest BCUT2D eigenvalue weighted by atomic mass is 16.5. The number of esters is 1. The van der Waals surface area contributed by atoms with Crippen LogP contribution in [0, 0.1) is 0 Å². The largest absolute Gasteiger partial charge is 0.497 e. The third-order valence-electron chi connectivity index (χ3n) is 4.94. The zero-order valence-corrected chi connectivity index (χ0v) is 17.7. The van der Waals surface area contributed by atoms with Crippen LogP contribution in [0.5, 0.6) is 23.0 Å². The summed E-state index contributed by atoms with van der Waals surface area (Å²) in [6, 6.07) is 18.3. The van der Waals surface area contributed by atoms with Gasteiger partial charge in [-0.1, -0.05) is 0 Å². The number of hydrogen-bond acceptors (Lipinski definition) is 7. The molecular weight excluding hydrogens is 412 g/mol. The van der Waals surface area contributed by atoms with Gasteiger partial charge >= 0.3 is 11.6 Å². The molecule has 0 unspecified atom stereocenters. The third kappa shape index (κ3) is 4.13. The molecule has 0 fully saturated rings. The van der Waals surface area contributed by atoms with Gasteiger partial charge < -0.3 is 23.4 Å². The number of benzene rings is 3. The topological polar surface area (TPSA) is 84.2 Å². The number of rotatable bonds is 6. The molecule has 0 spiro atoms. The number of ether oxygens (including phenoxy) is 4. The van der Waals surface area contributed by atoms with E-state index in [1.54, 1.807) is 74.9 Å². The predicted octanol–water partition coefficient (Wildman–Crippen LogP) is 4.71. The second-order valence-electron chi connectivity index (χ2n) is 6.83. The molecule has 0 aliphatic rings. The SMILES string of the molecule is COc1ccc(C(=O)Oc2ccc3cc(-c4ccc(OC)cc4OC)c(=O)oc3c2)cc1. The summed E-state index contributed by atoms with van der Waals surface area (Å²) in [7, 11) is 4.62. The van der Waals surface area contributed by atoms with Gasteiger partial charge in [-0.3, -0.25) is 0 Å². The van der Waals surface area contributed by atoms with Crippen molar-refractivity contribution in [2.45, 2.75) is 0 Å². The Morgan fingerprint density at radius 1 is 0.719 bits per heavy atom. The minimum absolute atomic E-state index is 0.260. The standard InChI is InChI=1S/C25H20O7/c1-28-17-7-4-15(5-8-17)24(26)31-19-9-6-16-12-21(25(27)32-22(16)14-19)20-11-10-18(29-2)13-23(20)30-3/h4-14H,1-3H3. The van der Waals surface area contributed by atoms with E-state index in [4.69, 9.17) is 23.4 Å². The van der Waals surface area contributed by atoms with Crippen LogP contribution in [-0.4, -0.2) is 27.3 Å². The first-order valence-electron chi connectivity index (χ1n) is 9.69. The monoisotopic (exact) mass is 432 g/mol. The van der Waals surface area contributed by atoms with Gasteiger partial charge in [0.05, 0.1) is 32.5 Å². The van der Waals surface area contributed by atoms with E-state index >= 15 is 0 Å². The second-order valence-corrected chi connectivity index (χ2v) is 6.83. The Morgan fingerprint density at radius 2 is 1.41 bits per heavy atom. The third-order valence-corrected chi connectivity index (χ3v) is 4.94. The van der Waals surface area contributed by atoms with Crippen molar-refractivity contribution < 1.29 is 28.2 Å². The average Bonchev–Trinajstić information content (AvgIpc) is 2.83. The first-order chi connectivity index (χ1) is 15.5. The highest BCUT2D eigenvalue weighted by Crippen LogP contribution is 2.33. The van der Waals surface area contributed by atoms with Crippen molar-refractivity contribution in [1.82, 2.24) is 0 Å². The van der Waals surface area contributed by atoms with E-state index in [1.807, 2.05) is 0 Å². The van der Waals surface area contributed by atoms with E-state index in [-0.39, 0.29) is 5.75 Å². The van der Waals surface area contributed by atoms with Gasteiger partial charge in [0.2, 0.25) is 0 Å². The maximum atomic E-state index is 12.7. The van der Waals surface area contributed by atoms with Crippen molar-refractivity contribution in [2.75, 3.05) is 21.3 Å². The lowest BCUT2D eigenvalue weighted by molar-refractivity contribution is 0.0735. The van der Waals surface area contributed by atoms with Crippen molar-refractivity contribution >= 4 is 16.9 Å². The molecule has 0 amide bonds. The Hall–Kier alpha value is -4.26. The summed E-state index contributed by atoms with van der Waals surface area (Å²) >= 11 is 0. The molecular formula is C25H20O7. The molecule has 0 bridgehead atoms. The fraction of sp³-hybridized carbons (Fsp3) is 0.120. The van der Waals surface area contributed by atoms with Crippen LogP contribution < -0.4 is 24.6 Å². The smallest absolute Gasteiger partial charge is 0.344 e. The lowest BCUT2D eigenvalue weighted by Crippen LogP contribution is -2.08. The maximum Gasteiger partial charge on any atom is 0.344 e. The fourth-order valence-corrected chi connectivity index (χ4v) is 3.26. The van der Waals surface area contributed by atoms with Crippen LogP contribution in [0.25, 0.3) is 22.1 Å². The predicted molar refractivity (Wildman–Crippen MR) is 119 cm³/mol. The van der Waals surface area contributed by atoms with Crippen LogP contribution in [-0.2, 0) is 0 Å². The van der Waals surface area contributed by atoms with E-state index in [0.29, 0.717) is 44.9 Å². The van der Waals surface area contributed by atoms with Crippen LogP contribution in [0.2, 0.25) is 0 Å². The first kappa shape index (κ1) is 21.0. The van der Waals surface area contributed by atoms with E-state index < -0.39 is 11.6 Å². The van der Waals surface area contributed by atoms with Crippen LogP contribution in [0.15, 0.2) is 75.9 Å². The summed E-state index contributed by atoms with van der Waals surface area (Å²) in [6.07, 6.45) is 0. The van der Waals surface area contributed by atoms with Crippen molar-refractivity contribution in [3.05, 3.63) is 82.7 Å². The van der Waals surface area contributed by atoms with Crippen LogP contribution in [0.4, 0.5) is 0 Å². The van der Waals surface area contributed by atoms with Gasteiger partial charge in [0.1, 0.15) is 28.6 Å². The normalized spacial score (nSPS) is 10.6. The zero-order valence-electron chi connectivity index (χ0n) is 17.7. The highest BCUT2D eigenvalue weighted by Gasteiger charge is 2.15. The number of methoxy groups -OCH3 is 3. The lowest BCUT2D eigenvalue weighted by Gasteiger charge is -2.10. The van der Waals surface area contributed by atoms with Gasteiger partial charge in [-0.15, -0.1) is 0 Å². The molecule has 7 heteroatoms. The fourth-order valence-electron chi connectivity index (χ4n) is 3.26. The number of hydrogen-bond donors (Lipinski definition) is 0. The molecule has 0 aliphatic heterocycles. The van der Waals surface area contributed by atoms with Gasteiger partial charge in [-0.2, -0.15) is 0 Å². The summed E-state index contributed by atoms with van der Waals surface area (Å²) in [5.74, 6) is 1.46. The average molecular weight is 432 g/mol. The van der Waals surface area contributed by atoms with Gasteiger partial charge in [-0.05, 0) is 54.6 Å². The minimum atomic E-state index is -0.542. The Labute approximate surface area is 183 Å². The molecule has 4 rings (SSSR count). The number of fused-ring (bicyclic) bond motifs is 1. The van der Waals surface area contributed by atoms with Crippen molar-refractivity contribution in [2.24, 2.45) is 0 Å². The molecule has 4 aromatic rings. The molecule has 0 saturated carbocycles. The molecule has 0 atom stereocenters. The van der Waals surface area contributed by atoms with Crippen LogP contribution in [0.1, 0.15) is 10.4 Å². The second kappa shape index (κ2) is 8.85. The zero-order chi connectivity index (χ0) is 22.7. The van der Waals surface area contributed by atoms with E-state index in [0.717, 1.165) is 0 Å². The quantitative estimate of drug-likeness (QED) is 0.248. The number of carbonyl (C=O) groups excluding carboxylic acids is 1. The van der Waals surface area contributed by atoms with Crippen molar-refractivity contribution in [1.29, 1.82) is 0 Å². The Morgan fingerprint density at radius 3 is 2.09 bits per heavy atom. The van der Waals surface area contributed by atoms with Gasteiger partial charge in [-0.25, -0.2) is 9.59 Å². The molecule has 1 heterocycles. The molecule has 1 aromatic heterocycles. The van der Waals surface area contributed by atoms with E-state index in [9.17, 15) is 9.59 Å². The summed E-state index contributed by atoms with van der Waals surface area (Å²) in [5, 5.41) is 0.668. The molecule has 0 N–H and O–H groups in total. The van der Waals surface area contributed by atoms with Gasteiger partial charge in [0, 0.05) is 23.1 Å². The Bertz CT molecular complexity index is 1340. The van der Waals surface area contributed by atoms with E-state index in [2.05, 4.69) is 0 Å². The molecule has 7 nitrogen and oxygen atoms in total. The molecule has 32 heavy (non-hydrogen) atoms. The summed E-state index contributed by atoms with van der Waals surface area (Å²) in [4.78, 5) is 25.1. The minimum Gasteiger partial charge on any atom is -0.497 e. The maximum absolute atomic E-state index is 12.7. The molecule has 0 saturated heterocycles. The molecule has 3 aromatic carbocycles. The lowest BCUT2D eigenvalue weighted by atomic mass is 10.0. The van der Waals surface area contributed by atoms with Crippen LogP contribution >= 0.6 is 0 Å². The molecule has 0 radical (unpaired) electrons. The number of carbonyl (C=O) groups is 1. The van der Waals surface area contributed by atoms with Gasteiger partial charge in [0.15, 0.2) is 0 Å². The first-order valence-corrected chi connectivity index (χ1v) is 9.69. The summed E-state index contributed by atoms with van der Waals surface area (Å²) in [6.45, 7) is 0. The van der Waals surface area contributed by atoms with Crippen molar-refractivity contribution in [3.63, 3.8) is 0 Å². The summed E-state index contributed by atoms with van der Waals surface area (Å²) < 4.78 is 26.6. The van der Waals surface area contributed by atoms with Crippen LogP contribution in [0.3, 0.4) is 0 Å².